The summed E-state index contributed by atoms with van der Waals surface area (Å²) in [6, 6.07) is 0. The largest absolute Gasteiger partial charge is 0.381 e. The highest BCUT2D eigenvalue weighted by Gasteiger charge is 2.31. The second kappa shape index (κ2) is 5.65. The van der Waals surface area contributed by atoms with Crippen LogP contribution in [0.1, 0.15) is 13.8 Å². The molecule has 2 heterocycles. The molecule has 94 valence electrons. The predicted molar refractivity (Wildman–Crippen MR) is 68.4 cm³/mol. The van der Waals surface area contributed by atoms with Gasteiger partial charge in [0.2, 0.25) is 0 Å². The van der Waals surface area contributed by atoms with Crippen LogP contribution >= 0.6 is 11.6 Å². The molecule has 1 aliphatic heterocycles. The third-order valence-corrected chi connectivity index (χ3v) is 3.51. The highest BCUT2D eigenvalue weighted by molar-refractivity contribution is 6.31. The predicted octanol–water partition coefficient (Wildman–Crippen LogP) is 2.24. The molecular weight excluding hydrogens is 238 g/mol. The van der Waals surface area contributed by atoms with Crippen LogP contribution in [0.4, 0.5) is 5.82 Å². The first-order chi connectivity index (χ1) is 8.22. The van der Waals surface area contributed by atoms with Gasteiger partial charge in [0.1, 0.15) is 0 Å². The second-order valence-electron chi connectivity index (χ2n) is 4.47. The molecule has 0 aromatic carbocycles. The van der Waals surface area contributed by atoms with Gasteiger partial charge in [0, 0.05) is 38.0 Å². The summed E-state index contributed by atoms with van der Waals surface area (Å²) in [5.41, 5.74) is 0. The van der Waals surface area contributed by atoms with Gasteiger partial charge in [-0.25, -0.2) is 9.97 Å². The first-order valence-electron chi connectivity index (χ1n) is 6.01. The number of hydrogen-bond acceptors (Lipinski definition) is 4. The minimum atomic E-state index is 0.483. The molecule has 0 aliphatic carbocycles. The minimum Gasteiger partial charge on any atom is -0.381 e. The van der Waals surface area contributed by atoms with Crippen molar-refractivity contribution in [3.63, 3.8) is 0 Å². The van der Waals surface area contributed by atoms with E-state index in [0.29, 0.717) is 17.0 Å². The van der Waals surface area contributed by atoms with E-state index in [2.05, 4.69) is 21.8 Å². The lowest BCUT2D eigenvalue weighted by Gasteiger charge is -2.17. The zero-order valence-corrected chi connectivity index (χ0v) is 11.0. The first-order valence-corrected chi connectivity index (χ1v) is 6.39. The Morgan fingerprint density at radius 2 is 2.18 bits per heavy atom. The van der Waals surface area contributed by atoms with Crippen molar-refractivity contribution < 1.29 is 4.74 Å². The maximum absolute atomic E-state index is 6.06. The van der Waals surface area contributed by atoms with Gasteiger partial charge >= 0.3 is 0 Å². The molecule has 0 bridgehead atoms. The third kappa shape index (κ3) is 2.87. The van der Waals surface area contributed by atoms with Crippen LogP contribution in [0.3, 0.4) is 0 Å². The van der Waals surface area contributed by atoms with E-state index in [1.807, 2.05) is 6.92 Å². The molecule has 0 radical (unpaired) electrons. The van der Waals surface area contributed by atoms with E-state index in [4.69, 9.17) is 16.3 Å². The van der Waals surface area contributed by atoms with Crippen molar-refractivity contribution in [2.45, 2.75) is 13.8 Å². The summed E-state index contributed by atoms with van der Waals surface area (Å²) in [5.74, 6) is 1.94. The zero-order chi connectivity index (χ0) is 12.3. The van der Waals surface area contributed by atoms with Gasteiger partial charge in [-0.15, -0.1) is 0 Å². The monoisotopic (exact) mass is 255 g/mol. The van der Waals surface area contributed by atoms with E-state index in [1.165, 1.54) is 0 Å². The quantitative estimate of drug-likeness (QED) is 0.827. The highest BCUT2D eigenvalue weighted by Crippen LogP contribution is 2.30. The summed E-state index contributed by atoms with van der Waals surface area (Å²) in [7, 11) is 0. The summed E-state index contributed by atoms with van der Waals surface area (Å²) < 4.78 is 5.51. The Morgan fingerprint density at radius 3 is 2.88 bits per heavy atom. The van der Waals surface area contributed by atoms with Crippen LogP contribution in [0.25, 0.3) is 0 Å². The fraction of sp³-hybridized carbons (Fsp3) is 0.667. The molecule has 2 atom stereocenters. The van der Waals surface area contributed by atoms with E-state index in [0.717, 1.165) is 32.1 Å². The molecule has 1 aliphatic rings. The second-order valence-corrected chi connectivity index (χ2v) is 4.83. The fourth-order valence-corrected chi connectivity index (χ4v) is 2.44. The Morgan fingerprint density at radius 1 is 1.41 bits per heavy atom. The molecule has 0 spiro atoms. The summed E-state index contributed by atoms with van der Waals surface area (Å²) >= 11 is 6.06. The molecule has 0 N–H and O–H groups in total. The number of aromatic nitrogens is 2. The Labute approximate surface area is 107 Å². The van der Waals surface area contributed by atoms with Gasteiger partial charge < -0.3 is 9.64 Å². The topological polar surface area (TPSA) is 38.2 Å². The molecule has 0 amide bonds. The Bertz CT molecular complexity index is 375. The van der Waals surface area contributed by atoms with Gasteiger partial charge in [0.25, 0.3) is 0 Å². The van der Waals surface area contributed by atoms with Crippen molar-refractivity contribution in [3.05, 3.63) is 17.5 Å². The number of ether oxygens (including phenoxy) is 1. The minimum absolute atomic E-state index is 0.483. The normalized spacial score (nSPS) is 24.3. The Kier molecular flexibility index (Phi) is 4.18. The summed E-state index contributed by atoms with van der Waals surface area (Å²) in [5, 5.41) is 0.483. The van der Waals surface area contributed by atoms with Crippen LogP contribution < -0.4 is 4.90 Å². The molecule has 5 heteroatoms. The van der Waals surface area contributed by atoms with Gasteiger partial charge in [0.15, 0.2) is 11.0 Å². The Balaban J connectivity index is 2.03. The van der Waals surface area contributed by atoms with Crippen molar-refractivity contribution >= 4 is 17.4 Å². The van der Waals surface area contributed by atoms with Crippen LogP contribution in [0.5, 0.6) is 0 Å². The zero-order valence-electron chi connectivity index (χ0n) is 10.3. The highest BCUT2D eigenvalue weighted by atomic mass is 35.5. The van der Waals surface area contributed by atoms with Crippen molar-refractivity contribution in [3.8, 4) is 0 Å². The van der Waals surface area contributed by atoms with E-state index in [9.17, 15) is 0 Å². The number of anilines is 1. The van der Waals surface area contributed by atoms with Gasteiger partial charge in [-0.3, -0.25) is 0 Å². The molecule has 2 unspecified atom stereocenters. The molecule has 1 fully saturated rings. The number of rotatable bonds is 4. The van der Waals surface area contributed by atoms with Crippen molar-refractivity contribution in [1.29, 1.82) is 0 Å². The maximum Gasteiger partial charge on any atom is 0.171 e. The van der Waals surface area contributed by atoms with Crippen LogP contribution in [0.2, 0.25) is 5.15 Å². The average Bonchev–Trinajstić information content (AvgIpc) is 2.68. The molecule has 1 aromatic rings. The molecule has 1 saturated heterocycles. The van der Waals surface area contributed by atoms with Gasteiger partial charge in [0.05, 0.1) is 6.61 Å². The number of nitrogens with zero attached hydrogens (tertiary/aromatic N) is 3. The maximum atomic E-state index is 6.06. The fourth-order valence-electron chi connectivity index (χ4n) is 2.22. The van der Waals surface area contributed by atoms with Crippen LogP contribution in [-0.4, -0.2) is 36.3 Å². The first kappa shape index (κ1) is 12.6. The van der Waals surface area contributed by atoms with Gasteiger partial charge in [-0.2, -0.15) is 0 Å². The van der Waals surface area contributed by atoms with Crippen molar-refractivity contribution in [2.24, 2.45) is 11.8 Å². The average molecular weight is 256 g/mol. The van der Waals surface area contributed by atoms with Crippen molar-refractivity contribution in [2.75, 3.05) is 31.2 Å². The molecule has 4 nitrogen and oxygen atoms in total. The van der Waals surface area contributed by atoms with E-state index < -0.39 is 0 Å². The van der Waals surface area contributed by atoms with Crippen LogP contribution in [0.15, 0.2) is 12.4 Å². The van der Waals surface area contributed by atoms with Gasteiger partial charge in [-0.05, 0) is 12.8 Å². The molecule has 17 heavy (non-hydrogen) atoms. The summed E-state index contributed by atoms with van der Waals surface area (Å²) in [4.78, 5) is 10.6. The molecule has 0 saturated carbocycles. The standard InChI is InChI=1S/C12H18ClN3O/c1-3-17-8-10-7-16(6-9(10)2)12-11(13)14-4-5-15-12/h4-5,9-10H,3,6-8H2,1-2H3. The number of halogens is 1. The van der Waals surface area contributed by atoms with Gasteiger partial charge in [-0.1, -0.05) is 18.5 Å². The lowest BCUT2D eigenvalue weighted by atomic mass is 9.99. The van der Waals surface area contributed by atoms with Crippen LogP contribution in [0, 0.1) is 11.8 Å². The number of hydrogen-bond donors (Lipinski definition) is 0. The summed E-state index contributed by atoms with van der Waals surface area (Å²) in [6.07, 6.45) is 3.30. The Hall–Kier alpha value is -0.870. The van der Waals surface area contributed by atoms with Crippen molar-refractivity contribution in [1.82, 2.24) is 9.97 Å². The van der Waals surface area contributed by atoms with E-state index >= 15 is 0 Å². The third-order valence-electron chi connectivity index (χ3n) is 3.24. The molecule has 2 rings (SSSR count). The summed E-state index contributed by atoms with van der Waals surface area (Å²) in [6.45, 7) is 7.77. The molecular formula is C12H18ClN3O. The smallest absolute Gasteiger partial charge is 0.171 e. The SMILES string of the molecule is CCOCC1CN(c2nccnc2Cl)CC1C. The lowest BCUT2D eigenvalue weighted by molar-refractivity contribution is 0.104. The van der Waals surface area contributed by atoms with E-state index in [1.54, 1.807) is 12.4 Å². The van der Waals surface area contributed by atoms with E-state index in [-0.39, 0.29) is 0 Å². The van der Waals surface area contributed by atoms with Crippen LogP contribution in [-0.2, 0) is 4.74 Å². The molecule has 1 aromatic heterocycles. The lowest BCUT2D eigenvalue weighted by Crippen LogP contribution is -2.22.